The maximum absolute atomic E-state index is 5.41. The second kappa shape index (κ2) is 6.72. The Kier molecular flexibility index (Phi) is 4.37. The van der Waals surface area contributed by atoms with Crippen molar-refractivity contribution in [1.29, 1.82) is 0 Å². The van der Waals surface area contributed by atoms with E-state index in [0.717, 1.165) is 48.8 Å². The van der Waals surface area contributed by atoms with Crippen LogP contribution in [0.4, 0.5) is 11.4 Å². The Labute approximate surface area is 159 Å². The zero-order chi connectivity index (χ0) is 19.0. The molecule has 7 heteroatoms. The molecule has 0 N–H and O–H groups in total. The fourth-order valence-electron chi connectivity index (χ4n) is 3.88. The van der Waals surface area contributed by atoms with Crippen molar-refractivity contribution in [2.75, 3.05) is 36.5 Å². The number of hydrogen-bond acceptors (Lipinski definition) is 6. The van der Waals surface area contributed by atoms with E-state index >= 15 is 0 Å². The third kappa shape index (κ3) is 3.18. The van der Waals surface area contributed by atoms with Crippen LogP contribution in [0.3, 0.4) is 0 Å². The maximum atomic E-state index is 5.41. The van der Waals surface area contributed by atoms with Gasteiger partial charge in [-0.25, -0.2) is 0 Å². The van der Waals surface area contributed by atoms with E-state index < -0.39 is 0 Å². The molecule has 0 saturated carbocycles. The molecule has 0 amide bonds. The fraction of sp³-hybridized carbons (Fsp3) is 0.450. The minimum atomic E-state index is -0.0444. The summed E-state index contributed by atoms with van der Waals surface area (Å²) in [4.78, 5) is 4.86. The Morgan fingerprint density at radius 3 is 2.78 bits per heavy atom. The summed E-state index contributed by atoms with van der Waals surface area (Å²) in [5, 5.41) is 12.9. The lowest BCUT2D eigenvalue weighted by atomic mass is 9.97. The molecule has 27 heavy (non-hydrogen) atoms. The minimum Gasteiger partial charge on any atom is -0.497 e. The van der Waals surface area contributed by atoms with E-state index in [9.17, 15) is 0 Å². The molecule has 3 heterocycles. The van der Waals surface area contributed by atoms with Crippen LogP contribution in [0.25, 0.3) is 5.65 Å². The molecule has 1 aromatic carbocycles. The standard InChI is InChI=1S/C20H26N6O/c1-5-15-11-18(19-22-21-14-26(19)23-15)24-9-10-25(20(2,3)13-24)16-7-6-8-17(12-16)27-4/h6-8,11-12,14H,5,9-10,13H2,1-4H3. The number of ether oxygens (including phenoxy) is 1. The van der Waals surface area contributed by atoms with Gasteiger partial charge in [-0.1, -0.05) is 13.0 Å². The van der Waals surface area contributed by atoms with Crippen LogP contribution in [0.1, 0.15) is 26.5 Å². The van der Waals surface area contributed by atoms with Crippen molar-refractivity contribution in [3.05, 3.63) is 42.4 Å². The monoisotopic (exact) mass is 366 g/mol. The summed E-state index contributed by atoms with van der Waals surface area (Å²) in [6.45, 7) is 9.40. The van der Waals surface area contributed by atoms with Crippen LogP contribution in [0.2, 0.25) is 0 Å². The summed E-state index contributed by atoms with van der Waals surface area (Å²) in [6, 6.07) is 10.4. The highest BCUT2D eigenvalue weighted by Gasteiger charge is 2.35. The molecule has 0 radical (unpaired) electrons. The molecule has 0 bridgehead atoms. The molecule has 1 aliphatic rings. The highest BCUT2D eigenvalue weighted by atomic mass is 16.5. The third-order valence-electron chi connectivity index (χ3n) is 5.27. The summed E-state index contributed by atoms with van der Waals surface area (Å²) >= 11 is 0. The summed E-state index contributed by atoms with van der Waals surface area (Å²) in [7, 11) is 1.71. The van der Waals surface area contributed by atoms with Crippen LogP contribution in [0, 0.1) is 0 Å². The van der Waals surface area contributed by atoms with Crippen molar-refractivity contribution in [2.24, 2.45) is 0 Å². The Bertz CT molecular complexity index is 951. The second-order valence-electron chi connectivity index (χ2n) is 7.56. The first-order valence-electron chi connectivity index (χ1n) is 9.38. The van der Waals surface area contributed by atoms with Crippen LogP contribution in [-0.4, -0.2) is 52.1 Å². The maximum Gasteiger partial charge on any atom is 0.200 e. The van der Waals surface area contributed by atoms with Gasteiger partial charge in [-0.15, -0.1) is 10.2 Å². The Balaban J connectivity index is 1.65. The number of methoxy groups -OCH3 is 1. The minimum absolute atomic E-state index is 0.0444. The molecule has 0 aliphatic carbocycles. The third-order valence-corrected chi connectivity index (χ3v) is 5.27. The van der Waals surface area contributed by atoms with Gasteiger partial charge in [-0.05, 0) is 38.5 Å². The van der Waals surface area contributed by atoms with Crippen LogP contribution in [0.5, 0.6) is 5.75 Å². The van der Waals surface area contributed by atoms with Crippen LogP contribution in [0.15, 0.2) is 36.7 Å². The molecule has 3 aromatic rings. The molecule has 1 fully saturated rings. The molecule has 0 atom stereocenters. The van der Waals surface area contributed by atoms with E-state index in [1.54, 1.807) is 18.0 Å². The zero-order valence-electron chi connectivity index (χ0n) is 16.4. The lowest BCUT2D eigenvalue weighted by Crippen LogP contribution is -2.59. The molecule has 0 unspecified atom stereocenters. The van der Waals surface area contributed by atoms with Gasteiger partial charge < -0.3 is 14.5 Å². The number of nitrogens with zero attached hydrogens (tertiary/aromatic N) is 6. The van der Waals surface area contributed by atoms with Crippen LogP contribution < -0.4 is 14.5 Å². The van der Waals surface area contributed by atoms with Crippen molar-refractivity contribution in [2.45, 2.75) is 32.7 Å². The van der Waals surface area contributed by atoms with E-state index in [4.69, 9.17) is 4.74 Å². The summed E-state index contributed by atoms with van der Waals surface area (Å²) in [5.74, 6) is 0.887. The van der Waals surface area contributed by atoms with Crippen LogP contribution >= 0.6 is 0 Å². The number of benzene rings is 1. The highest BCUT2D eigenvalue weighted by Crippen LogP contribution is 2.33. The van der Waals surface area contributed by atoms with Gasteiger partial charge in [0.2, 0.25) is 5.65 Å². The highest BCUT2D eigenvalue weighted by molar-refractivity contribution is 5.69. The van der Waals surface area contributed by atoms with Gasteiger partial charge in [0.15, 0.2) is 0 Å². The van der Waals surface area contributed by atoms with E-state index in [1.165, 1.54) is 5.69 Å². The molecule has 7 nitrogen and oxygen atoms in total. The van der Waals surface area contributed by atoms with Gasteiger partial charge in [-0.2, -0.15) is 9.61 Å². The van der Waals surface area contributed by atoms with E-state index in [1.807, 2.05) is 12.1 Å². The largest absolute Gasteiger partial charge is 0.497 e. The van der Waals surface area contributed by atoms with Crippen molar-refractivity contribution < 1.29 is 4.74 Å². The molecule has 1 saturated heterocycles. The van der Waals surface area contributed by atoms with Crippen molar-refractivity contribution in [3.8, 4) is 5.75 Å². The number of hydrogen-bond donors (Lipinski definition) is 0. The van der Waals surface area contributed by atoms with E-state index in [0.29, 0.717) is 0 Å². The first-order chi connectivity index (χ1) is 13.0. The van der Waals surface area contributed by atoms with Gasteiger partial charge in [0.1, 0.15) is 12.1 Å². The SMILES string of the molecule is CCc1cc(N2CCN(c3cccc(OC)c3)C(C)(C)C2)c2nncn2n1. The summed E-state index contributed by atoms with van der Waals surface area (Å²) in [5.41, 5.74) is 4.12. The number of rotatable bonds is 4. The average molecular weight is 366 g/mol. The Morgan fingerprint density at radius 1 is 1.19 bits per heavy atom. The Hall–Kier alpha value is -2.83. The first kappa shape index (κ1) is 17.6. The Morgan fingerprint density at radius 2 is 2.04 bits per heavy atom. The molecular weight excluding hydrogens is 340 g/mol. The average Bonchev–Trinajstić information content (AvgIpc) is 3.15. The lowest BCUT2D eigenvalue weighted by molar-refractivity contribution is 0.406. The van der Waals surface area contributed by atoms with Gasteiger partial charge in [0.25, 0.3) is 0 Å². The summed E-state index contributed by atoms with van der Waals surface area (Å²) < 4.78 is 7.19. The van der Waals surface area contributed by atoms with E-state index in [-0.39, 0.29) is 5.54 Å². The number of anilines is 2. The molecule has 4 rings (SSSR count). The predicted molar refractivity (Wildman–Crippen MR) is 107 cm³/mol. The molecule has 2 aromatic heterocycles. The van der Waals surface area contributed by atoms with Gasteiger partial charge in [0, 0.05) is 31.4 Å². The van der Waals surface area contributed by atoms with Crippen molar-refractivity contribution in [3.63, 3.8) is 0 Å². The van der Waals surface area contributed by atoms with Crippen LogP contribution in [-0.2, 0) is 6.42 Å². The van der Waals surface area contributed by atoms with Gasteiger partial charge in [-0.3, -0.25) is 0 Å². The van der Waals surface area contributed by atoms with Gasteiger partial charge in [0.05, 0.1) is 24.0 Å². The first-order valence-corrected chi connectivity index (χ1v) is 9.38. The molecule has 0 spiro atoms. The normalized spacial score (nSPS) is 16.7. The second-order valence-corrected chi connectivity index (χ2v) is 7.56. The number of piperazine rings is 1. The molecule has 1 aliphatic heterocycles. The van der Waals surface area contributed by atoms with Crippen molar-refractivity contribution >= 4 is 17.0 Å². The van der Waals surface area contributed by atoms with Gasteiger partial charge >= 0.3 is 0 Å². The van der Waals surface area contributed by atoms with E-state index in [2.05, 4.69) is 64.1 Å². The molecule has 142 valence electrons. The number of aromatic nitrogens is 4. The smallest absolute Gasteiger partial charge is 0.200 e. The predicted octanol–water partition coefficient (Wildman–Crippen LogP) is 2.80. The number of aryl methyl sites for hydroxylation is 1. The topological polar surface area (TPSA) is 58.8 Å². The van der Waals surface area contributed by atoms with Crippen molar-refractivity contribution in [1.82, 2.24) is 19.8 Å². The zero-order valence-corrected chi connectivity index (χ0v) is 16.4. The quantitative estimate of drug-likeness (QED) is 0.708. The lowest BCUT2D eigenvalue weighted by Gasteiger charge is -2.49. The summed E-state index contributed by atoms with van der Waals surface area (Å²) in [6.07, 6.45) is 2.56. The fourth-order valence-corrected chi connectivity index (χ4v) is 3.88. The number of fused-ring (bicyclic) bond motifs is 1. The molecular formula is C20H26N6O.